The minimum absolute atomic E-state index is 0.0112. The maximum Gasteiger partial charge on any atom is 0.245 e. The standard InChI is InChI=1S/C49H63N9O9/c1-29(2)25-36-45(63)55-38(27-33-17-10-6-11-18-33)47(65)56-39(28-34-19-12-7-13-20-34)46(64)54-37(26-32-15-8-5-9-16-32)44(62)51-30(3)42(60)53-35(22-23-41(50)59)43(61)52-31(4)49(67)58-24-14-21-40(58)48(66)57-36/h5-13,15-20,29-31,35-40H,14,21-28H2,1-4H3,(H2,50,59)(H,51,62)(H,52,61)(H,53,60)(H,54,64)(H,55,63)(H,56,65)(H,57,66)/t30-,31+,35-,36+,37+,38+,39-,40-/m0/s1. The van der Waals surface area contributed by atoms with Gasteiger partial charge in [-0.3, -0.25) is 43.2 Å². The number of hydrogen-bond acceptors (Lipinski definition) is 9. The van der Waals surface area contributed by atoms with Crippen molar-refractivity contribution in [3.8, 4) is 0 Å². The van der Waals surface area contributed by atoms with Crippen LogP contribution in [0, 0.1) is 5.92 Å². The first-order valence-electron chi connectivity index (χ1n) is 22.8. The fourth-order valence-electron chi connectivity index (χ4n) is 8.12. The fraction of sp³-hybridized carbons (Fsp3) is 0.449. The van der Waals surface area contributed by atoms with Crippen LogP contribution in [-0.2, 0) is 62.4 Å². The molecule has 2 aliphatic heterocycles. The van der Waals surface area contributed by atoms with Gasteiger partial charge in [-0.2, -0.15) is 0 Å². The zero-order valence-corrected chi connectivity index (χ0v) is 38.4. The number of nitrogens with zero attached hydrogens (tertiary/aromatic N) is 1. The molecule has 0 bridgehead atoms. The zero-order valence-electron chi connectivity index (χ0n) is 38.4. The van der Waals surface area contributed by atoms with Gasteiger partial charge in [0.25, 0.3) is 0 Å². The van der Waals surface area contributed by atoms with Gasteiger partial charge in [0.2, 0.25) is 53.2 Å². The predicted octanol–water partition coefficient (Wildman–Crippen LogP) is 0.464. The Balaban J connectivity index is 1.55. The van der Waals surface area contributed by atoms with Crippen LogP contribution in [0.15, 0.2) is 91.0 Å². The molecule has 67 heavy (non-hydrogen) atoms. The van der Waals surface area contributed by atoms with Crippen LogP contribution in [0.3, 0.4) is 0 Å². The lowest BCUT2D eigenvalue weighted by Gasteiger charge is -2.30. The molecule has 3 aromatic carbocycles. The van der Waals surface area contributed by atoms with E-state index in [9.17, 15) is 43.2 Å². The summed E-state index contributed by atoms with van der Waals surface area (Å²) in [4.78, 5) is 126. The van der Waals surface area contributed by atoms with Crippen LogP contribution in [0.1, 0.15) is 76.5 Å². The highest BCUT2D eigenvalue weighted by Crippen LogP contribution is 2.20. The van der Waals surface area contributed by atoms with Crippen molar-refractivity contribution in [2.75, 3.05) is 6.54 Å². The molecule has 0 aliphatic carbocycles. The van der Waals surface area contributed by atoms with Crippen LogP contribution in [0.4, 0.5) is 0 Å². The molecule has 8 atom stereocenters. The molecule has 18 heteroatoms. The first-order chi connectivity index (χ1) is 32.0. The van der Waals surface area contributed by atoms with E-state index in [1.165, 1.54) is 18.7 Å². The number of carbonyl (C=O) groups excluding carboxylic acids is 9. The number of nitrogens with one attached hydrogen (secondary N) is 7. The molecule has 0 aromatic heterocycles. The Morgan fingerprint density at radius 2 is 0.925 bits per heavy atom. The lowest BCUT2D eigenvalue weighted by molar-refractivity contribution is -0.142. The van der Waals surface area contributed by atoms with Crippen molar-refractivity contribution in [1.82, 2.24) is 42.1 Å². The van der Waals surface area contributed by atoms with Gasteiger partial charge in [0.1, 0.15) is 48.3 Å². The van der Waals surface area contributed by atoms with E-state index >= 15 is 0 Å². The number of benzene rings is 3. The molecule has 0 unspecified atom stereocenters. The van der Waals surface area contributed by atoms with Gasteiger partial charge >= 0.3 is 0 Å². The van der Waals surface area contributed by atoms with Gasteiger partial charge in [-0.25, -0.2) is 0 Å². The van der Waals surface area contributed by atoms with E-state index in [0.717, 1.165) is 0 Å². The van der Waals surface area contributed by atoms with E-state index in [2.05, 4.69) is 37.2 Å². The Morgan fingerprint density at radius 3 is 1.37 bits per heavy atom. The van der Waals surface area contributed by atoms with Gasteiger partial charge in [-0.1, -0.05) is 105 Å². The summed E-state index contributed by atoms with van der Waals surface area (Å²) in [6.45, 7) is 6.71. The van der Waals surface area contributed by atoms with E-state index in [4.69, 9.17) is 5.73 Å². The summed E-state index contributed by atoms with van der Waals surface area (Å²) in [5, 5.41) is 19.1. The topological polar surface area (TPSA) is 267 Å². The monoisotopic (exact) mass is 921 g/mol. The lowest BCUT2D eigenvalue weighted by atomic mass is 9.99. The van der Waals surface area contributed by atoms with Gasteiger partial charge in [0.05, 0.1) is 0 Å². The highest BCUT2D eigenvalue weighted by molar-refractivity contribution is 5.99. The summed E-state index contributed by atoms with van der Waals surface area (Å²) in [6, 6.07) is 16.9. The molecule has 9 N–H and O–H groups in total. The normalized spacial score (nSPS) is 25.3. The fourth-order valence-corrected chi connectivity index (χ4v) is 8.12. The molecule has 3 aromatic rings. The van der Waals surface area contributed by atoms with E-state index in [0.29, 0.717) is 23.1 Å². The van der Waals surface area contributed by atoms with Crippen molar-refractivity contribution in [3.05, 3.63) is 108 Å². The maximum absolute atomic E-state index is 14.6. The van der Waals surface area contributed by atoms with Crippen molar-refractivity contribution in [2.24, 2.45) is 11.7 Å². The van der Waals surface area contributed by atoms with E-state index < -0.39 is 101 Å². The summed E-state index contributed by atoms with van der Waals surface area (Å²) in [5.41, 5.74) is 7.44. The molecule has 0 saturated carbocycles. The van der Waals surface area contributed by atoms with Crippen LogP contribution < -0.4 is 43.0 Å². The Labute approximate surface area is 390 Å². The van der Waals surface area contributed by atoms with Gasteiger partial charge < -0.3 is 47.9 Å². The van der Waals surface area contributed by atoms with Crippen LogP contribution in [-0.4, -0.2) is 113 Å². The molecule has 0 spiro atoms. The van der Waals surface area contributed by atoms with Gasteiger partial charge in [-0.15, -0.1) is 0 Å². The summed E-state index contributed by atoms with van der Waals surface area (Å²) in [5.74, 6) is -6.55. The van der Waals surface area contributed by atoms with Gasteiger partial charge in [0, 0.05) is 32.2 Å². The molecular formula is C49H63N9O9. The molecule has 9 amide bonds. The first-order valence-corrected chi connectivity index (χ1v) is 22.8. The summed E-state index contributed by atoms with van der Waals surface area (Å²) in [7, 11) is 0. The molecular weight excluding hydrogens is 859 g/mol. The third kappa shape index (κ3) is 15.2. The maximum atomic E-state index is 14.6. The molecule has 2 fully saturated rings. The van der Waals surface area contributed by atoms with Crippen molar-refractivity contribution < 1.29 is 43.2 Å². The van der Waals surface area contributed by atoms with Crippen LogP contribution >= 0.6 is 0 Å². The number of primary amides is 1. The average molecular weight is 922 g/mol. The minimum atomic E-state index is -1.37. The summed E-state index contributed by atoms with van der Waals surface area (Å²) >= 11 is 0. The number of rotatable bonds is 11. The largest absolute Gasteiger partial charge is 0.370 e. The van der Waals surface area contributed by atoms with Gasteiger partial charge in [-0.05, 0) is 62.1 Å². The Hall–Kier alpha value is -7.11. The molecule has 2 saturated heterocycles. The Bertz CT molecular complexity index is 2230. The van der Waals surface area contributed by atoms with Crippen LogP contribution in [0.25, 0.3) is 0 Å². The van der Waals surface area contributed by atoms with Crippen LogP contribution in [0.2, 0.25) is 0 Å². The van der Waals surface area contributed by atoms with E-state index in [1.807, 2.05) is 19.9 Å². The highest BCUT2D eigenvalue weighted by atomic mass is 16.2. The smallest absolute Gasteiger partial charge is 0.245 e. The second kappa shape index (κ2) is 24.4. The average Bonchev–Trinajstić information content (AvgIpc) is 3.80. The molecule has 2 heterocycles. The molecule has 18 nitrogen and oxygen atoms in total. The number of amides is 9. The predicted molar refractivity (Wildman–Crippen MR) is 248 cm³/mol. The number of nitrogens with two attached hydrogens (primary N) is 1. The number of carbonyl (C=O) groups is 9. The second-order valence-corrected chi connectivity index (χ2v) is 17.7. The van der Waals surface area contributed by atoms with Crippen molar-refractivity contribution in [3.63, 3.8) is 0 Å². The second-order valence-electron chi connectivity index (χ2n) is 17.7. The molecule has 0 radical (unpaired) electrons. The van der Waals surface area contributed by atoms with E-state index in [1.54, 1.807) is 84.9 Å². The lowest BCUT2D eigenvalue weighted by Crippen LogP contribution is -2.61. The SMILES string of the molecule is CC(C)C[C@H]1NC(=O)[C@@H]2CCCN2C(=O)[C@@H](C)NC(=O)[C@H](CCC(N)=O)NC(=O)[C@H](C)NC(=O)[C@@H](Cc2ccccc2)NC(=O)[C@H](Cc2ccccc2)NC(=O)[C@@H](Cc2ccccc2)NC1=O. The van der Waals surface area contributed by atoms with Crippen molar-refractivity contribution >= 4 is 53.2 Å². The van der Waals surface area contributed by atoms with Gasteiger partial charge in [0.15, 0.2) is 0 Å². The number of hydrogen-bond donors (Lipinski definition) is 8. The molecule has 2 aliphatic rings. The van der Waals surface area contributed by atoms with Crippen molar-refractivity contribution in [2.45, 2.75) is 127 Å². The van der Waals surface area contributed by atoms with E-state index in [-0.39, 0.29) is 57.4 Å². The molecule has 5 rings (SSSR count). The summed E-state index contributed by atoms with van der Waals surface area (Å²) < 4.78 is 0. The minimum Gasteiger partial charge on any atom is -0.370 e. The third-order valence-corrected chi connectivity index (χ3v) is 11.7. The Morgan fingerprint density at radius 1 is 0.537 bits per heavy atom. The molecule has 358 valence electrons. The highest BCUT2D eigenvalue weighted by Gasteiger charge is 2.40. The first kappa shape index (κ1) is 50.9. The number of fused-ring (bicyclic) bond motifs is 1. The third-order valence-electron chi connectivity index (χ3n) is 11.7. The Kier molecular flexibility index (Phi) is 18.5. The quantitative estimate of drug-likeness (QED) is 0.133. The summed E-state index contributed by atoms with van der Waals surface area (Å²) in [6.07, 6.45) is 0.320. The van der Waals surface area contributed by atoms with Crippen LogP contribution in [0.5, 0.6) is 0 Å². The van der Waals surface area contributed by atoms with Crippen molar-refractivity contribution in [1.29, 1.82) is 0 Å². The zero-order chi connectivity index (χ0) is 48.6.